The van der Waals surface area contributed by atoms with Gasteiger partial charge in [0, 0.05) is 18.8 Å². The lowest BCUT2D eigenvalue weighted by Gasteiger charge is -2.35. The molecule has 2 atom stereocenters. The summed E-state index contributed by atoms with van der Waals surface area (Å²) in [4.78, 5) is 14.6. The molecule has 0 radical (unpaired) electrons. The number of carbonyl (C=O) groups is 1. The van der Waals surface area contributed by atoms with Gasteiger partial charge in [0.1, 0.15) is 0 Å². The van der Waals surface area contributed by atoms with Gasteiger partial charge in [-0.2, -0.15) is 5.26 Å². The molecule has 0 spiro atoms. The number of piperidine rings is 1. The topological polar surface area (TPSA) is 65.4 Å². The van der Waals surface area contributed by atoms with Crippen LogP contribution in [0.25, 0.3) is 0 Å². The van der Waals surface area contributed by atoms with Crippen molar-refractivity contribution in [2.75, 3.05) is 25.0 Å². The quantitative estimate of drug-likeness (QED) is 0.907. The third-order valence-corrected chi connectivity index (χ3v) is 4.00. The third kappa shape index (κ3) is 4.30. The van der Waals surface area contributed by atoms with E-state index < -0.39 is 0 Å². The Morgan fingerprint density at radius 2 is 2.41 bits per heavy atom. The van der Waals surface area contributed by atoms with Crippen molar-refractivity contribution in [3.05, 3.63) is 29.8 Å². The van der Waals surface area contributed by atoms with E-state index in [0.29, 0.717) is 17.9 Å². The zero-order chi connectivity index (χ0) is 15.9. The summed E-state index contributed by atoms with van der Waals surface area (Å²) >= 11 is 0. The van der Waals surface area contributed by atoms with E-state index in [9.17, 15) is 4.79 Å². The maximum atomic E-state index is 12.4. The fraction of sp³-hybridized carbons (Fsp3) is 0.529. The number of benzene rings is 1. The van der Waals surface area contributed by atoms with Gasteiger partial charge < -0.3 is 10.1 Å². The van der Waals surface area contributed by atoms with Crippen molar-refractivity contribution in [3.63, 3.8) is 0 Å². The number of amides is 1. The predicted molar refractivity (Wildman–Crippen MR) is 85.5 cm³/mol. The van der Waals surface area contributed by atoms with E-state index in [-0.39, 0.29) is 18.1 Å². The molecule has 2 rings (SSSR count). The van der Waals surface area contributed by atoms with Crippen molar-refractivity contribution < 1.29 is 9.53 Å². The second-order valence-electron chi connectivity index (χ2n) is 5.57. The number of ether oxygens (including phenoxy) is 1. The average molecular weight is 301 g/mol. The Kier molecular flexibility index (Phi) is 5.93. The number of nitriles is 1. The highest BCUT2D eigenvalue weighted by atomic mass is 16.5. The summed E-state index contributed by atoms with van der Waals surface area (Å²) in [6.07, 6.45) is 2.32. The summed E-state index contributed by atoms with van der Waals surface area (Å²) < 4.78 is 5.68. The normalized spacial score (nSPS) is 20.1. The predicted octanol–water partition coefficient (Wildman–Crippen LogP) is 2.39. The van der Waals surface area contributed by atoms with Crippen molar-refractivity contribution in [2.24, 2.45) is 0 Å². The highest BCUT2D eigenvalue weighted by Crippen LogP contribution is 2.17. The lowest BCUT2D eigenvalue weighted by Crippen LogP contribution is -2.49. The van der Waals surface area contributed by atoms with Gasteiger partial charge in [-0.1, -0.05) is 6.07 Å². The Morgan fingerprint density at radius 3 is 3.14 bits per heavy atom. The van der Waals surface area contributed by atoms with Gasteiger partial charge >= 0.3 is 0 Å². The molecule has 0 saturated carbocycles. The van der Waals surface area contributed by atoms with Gasteiger partial charge in [0.05, 0.1) is 23.8 Å². The number of nitrogens with zero attached hydrogens (tertiary/aromatic N) is 2. The number of nitrogens with one attached hydrogen (secondary N) is 1. The number of anilines is 1. The highest BCUT2D eigenvalue weighted by Gasteiger charge is 2.27. The summed E-state index contributed by atoms with van der Waals surface area (Å²) in [7, 11) is 0. The van der Waals surface area contributed by atoms with Crippen LogP contribution < -0.4 is 5.32 Å². The summed E-state index contributed by atoms with van der Waals surface area (Å²) in [5, 5.41) is 11.8. The van der Waals surface area contributed by atoms with Crippen molar-refractivity contribution in [3.8, 4) is 6.07 Å². The van der Waals surface area contributed by atoms with Crippen LogP contribution in [0.2, 0.25) is 0 Å². The lowest BCUT2D eigenvalue weighted by atomic mass is 10.1. The second-order valence-corrected chi connectivity index (χ2v) is 5.57. The fourth-order valence-electron chi connectivity index (χ4n) is 2.77. The van der Waals surface area contributed by atoms with E-state index in [0.717, 1.165) is 25.9 Å². The molecule has 0 bridgehead atoms. The van der Waals surface area contributed by atoms with Gasteiger partial charge in [0.2, 0.25) is 5.91 Å². The van der Waals surface area contributed by atoms with Crippen LogP contribution in [-0.2, 0) is 9.53 Å². The minimum absolute atomic E-state index is 0.0489. The molecule has 1 amide bonds. The highest BCUT2D eigenvalue weighted by molar-refractivity contribution is 5.94. The van der Waals surface area contributed by atoms with E-state index in [2.05, 4.69) is 16.3 Å². The van der Waals surface area contributed by atoms with Crippen LogP contribution in [0.5, 0.6) is 0 Å². The molecule has 0 aliphatic carbocycles. The minimum Gasteiger partial charge on any atom is -0.377 e. The Hall–Kier alpha value is -1.90. The molecule has 1 aromatic carbocycles. The van der Waals surface area contributed by atoms with E-state index in [1.807, 2.05) is 13.8 Å². The molecule has 1 aromatic rings. The van der Waals surface area contributed by atoms with Crippen LogP contribution in [0.4, 0.5) is 5.69 Å². The van der Waals surface area contributed by atoms with Gasteiger partial charge in [0.25, 0.3) is 0 Å². The molecule has 1 saturated heterocycles. The number of rotatable bonds is 5. The molecular formula is C17H23N3O2. The SMILES string of the molecule is CCOC1CCCN(C(C)C(=O)Nc2cccc(C#N)c2)C1. The van der Waals surface area contributed by atoms with Gasteiger partial charge in [-0.05, 0) is 51.4 Å². The molecule has 1 fully saturated rings. The molecule has 2 unspecified atom stereocenters. The van der Waals surface area contributed by atoms with Crippen LogP contribution >= 0.6 is 0 Å². The summed E-state index contributed by atoms with van der Waals surface area (Å²) in [6.45, 7) is 6.33. The monoisotopic (exact) mass is 301 g/mol. The first kappa shape index (κ1) is 16.5. The average Bonchev–Trinajstić information content (AvgIpc) is 2.55. The third-order valence-electron chi connectivity index (χ3n) is 4.00. The Labute approximate surface area is 131 Å². The van der Waals surface area contributed by atoms with E-state index in [4.69, 9.17) is 10.00 Å². The van der Waals surface area contributed by atoms with Gasteiger partial charge in [0.15, 0.2) is 0 Å². The molecule has 118 valence electrons. The number of hydrogen-bond donors (Lipinski definition) is 1. The molecular weight excluding hydrogens is 278 g/mol. The zero-order valence-corrected chi connectivity index (χ0v) is 13.2. The van der Waals surface area contributed by atoms with Gasteiger partial charge in [-0.25, -0.2) is 0 Å². The van der Waals surface area contributed by atoms with Gasteiger partial charge in [-0.3, -0.25) is 9.69 Å². The molecule has 5 heteroatoms. The maximum absolute atomic E-state index is 12.4. The standard InChI is InChI=1S/C17H23N3O2/c1-3-22-16-8-5-9-20(12-16)13(2)17(21)19-15-7-4-6-14(10-15)11-18/h4,6-7,10,13,16H,3,5,8-9,12H2,1-2H3,(H,19,21). The van der Waals surface area contributed by atoms with Crippen molar-refractivity contribution >= 4 is 11.6 Å². The number of hydrogen-bond acceptors (Lipinski definition) is 4. The van der Waals surface area contributed by atoms with E-state index >= 15 is 0 Å². The second kappa shape index (κ2) is 7.92. The molecule has 1 aliphatic heterocycles. The number of carbonyl (C=O) groups excluding carboxylic acids is 1. The largest absolute Gasteiger partial charge is 0.377 e. The Bertz CT molecular complexity index is 551. The van der Waals surface area contributed by atoms with E-state index in [1.54, 1.807) is 24.3 Å². The van der Waals surface area contributed by atoms with Gasteiger partial charge in [-0.15, -0.1) is 0 Å². The first-order valence-electron chi connectivity index (χ1n) is 7.80. The number of likely N-dealkylation sites (tertiary alicyclic amines) is 1. The van der Waals surface area contributed by atoms with Crippen molar-refractivity contribution in [2.45, 2.75) is 38.8 Å². The van der Waals surface area contributed by atoms with Crippen molar-refractivity contribution in [1.82, 2.24) is 4.90 Å². The minimum atomic E-state index is -0.214. The van der Waals surface area contributed by atoms with E-state index in [1.165, 1.54) is 0 Å². The molecule has 1 N–H and O–H groups in total. The smallest absolute Gasteiger partial charge is 0.241 e. The van der Waals surface area contributed by atoms with Crippen LogP contribution in [-0.4, -0.2) is 42.6 Å². The zero-order valence-electron chi connectivity index (χ0n) is 13.2. The first-order valence-corrected chi connectivity index (χ1v) is 7.80. The Balaban J connectivity index is 1.95. The molecule has 22 heavy (non-hydrogen) atoms. The summed E-state index contributed by atoms with van der Waals surface area (Å²) in [5.41, 5.74) is 1.20. The van der Waals surface area contributed by atoms with Crippen molar-refractivity contribution in [1.29, 1.82) is 5.26 Å². The first-order chi connectivity index (χ1) is 10.6. The Morgan fingerprint density at radius 1 is 1.59 bits per heavy atom. The molecule has 1 aliphatic rings. The molecule has 5 nitrogen and oxygen atoms in total. The summed E-state index contributed by atoms with van der Waals surface area (Å²) in [5.74, 6) is -0.0489. The fourth-order valence-corrected chi connectivity index (χ4v) is 2.77. The van der Waals surface area contributed by atoms with Crippen LogP contribution in [0, 0.1) is 11.3 Å². The lowest BCUT2D eigenvalue weighted by molar-refractivity contribution is -0.122. The molecule has 0 aromatic heterocycles. The summed E-state index contributed by atoms with van der Waals surface area (Å²) in [6, 6.07) is 8.83. The van der Waals surface area contributed by atoms with Crippen LogP contribution in [0.15, 0.2) is 24.3 Å². The maximum Gasteiger partial charge on any atom is 0.241 e. The van der Waals surface area contributed by atoms with Crippen LogP contribution in [0.3, 0.4) is 0 Å². The molecule has 1 heterocycles. The van der Waals surface area contributed by atoms with Crippen LogP contribution in [0.1, 0.15) is 32.3 Å².